The average Bonchev–Trinajstić information content (AvgIpc) is 3.94. The first kappa shape index (κ1) is 58.2. The molecule has 79 heavy (non-hydrogen) atoms. The maximum atomic E-state index is 14.1. The highest BCUT2D eigenvalue weighted by Crippen LogP contribution is 2.51. The lowest BCUT2D eigenvalue weighted by molar-refractivity contribution is -0.0925. The van der Waals surface area contributed by atoms with Gasteiger partial charge in [-0.2, -0.15) is 10.2 Å². The van der Waals surface area contributed by atoms with Gasteiger partial charge in [0.2, 0.25) is 0 Å². The van der Waals surface area contributed by atoms with Crippen molar-refractivity contribution >= 4 is 14.3 Å². The number of nitrogens with one attached hydrogen (secondary N) is 2. The van der Waals surface area contributed by atoms with Crippen LogP contribution in [-0.2, 0) is 29.7 Å². The predicted octanol–water partition coefficient (Wildman–Crippen LogP) is 12.4. The Morgan fingerprint density at radius 3 is 1.65 bits per heavy atom. The van der Waals surface area contributed by atoms with Crippen molar-refractivity contribution < 1.29 is 32.7 Å². The molecule has 15 heteroatoms. The largest absolute Gasteiger partial charge is 0.497 e. The minimum atomic E-state index is -1.69. The highest BCUT2D eigenvalue weighted by molar-refractivity contribution is 7.44. The second-order valence-electron chi connectivity index (χ2n) is 20.0. The number of methoxy groups -OCH3 is 3. The van der Waals surface area contributed by atoms with Crippen molar-refractivity contribution in [3.05, 3.63) is 220 Å². The van der Waals surface area contributed by atoms with E-state index in [9.17, 15) is 10.1 Å². The van der Waals surface area contributed by atoms with Gasteiger partial charge in [-0.3, -0.25) is 9.88 Å². The molecule has 0 spiro atoms. The zero-order chi connectivity index (χ0) is 55.6. The Balaban J connectivity index is 1.00. The maximum Gasteiger partial charge on any atom is 0.351 e. The number of unbranched alkanes of at least 4 members (excludes halogenated alkanes) is 2. The fourth-order valence-electron chi connectivity index (χ4n) is 10.5. The third-order valence-corrected chi connectivity index (χ3v) is 16.5. The Bertz CT molecular complexity index is 2940. The fourth-order valence-corrected chi connectivity index (χ4v) is 12.3. The van der Waals surface area contributed by atoms with Crippen LogP contribution in [-0.4, -0.2) is 86.1 Å². The Kier molecular flexibility index (Phi) is 20.9. The zero-order valence-electron chi connectivity index (χ0n) is 46.5. The summed E-state index contributed by atoms with van der Waals surface area (Å²) in [6, 6.07) is 59.4. The Hall–Kier alpha value is -6.92. The van der Waals surface area contributed by atoms with Gasteiger partial charge in [0, 0.05) is 31.2 Å². The zero-order valence-corrected chi connectivity index (χ0v) is 47.4. The van der Waals surface area contributed by atoms with E-state index in [0.29, 0.717) is 30.3 Å². The summed E-state index contributed by atoms with van der Waals surface area (Å²) in [5.41, 5.74) is 3.87. The topological polar surface area (TPSA) is 151 Å². The second kappa shape index (κ2) is 28.3. The van der Waals surface area contributed by atoms with Crippen molar-refractivity contribution in [2.75, 3.05) is 52.9 Å². The quantitative estimate of drug-likeness (QED) is 0.0260. The molecule has 1 aliphatic heterocycles. The Labute approximate surface area is 467 Å². The molecule has 0 aliphatic carbocycles. The van der Waals surface area contributed by atoms with Crippen molar-refractivity contribution in [3.8, 4) is 23.3 Å². The van der Waals surface area contributed by atoms with Crippen molar-refractivity contribution in [1.82, 2.24) is 19.5 Å². The van der Waals surface area contributed by atoms with E-state index < -0.39 is 43.8 Å². The summed E-state index contributed by atoms with van der Waals surface area (Å²) in [6.07, 6.45) is 2.96. The van der Waals surface area contributed by atoms with Gasteiger partial charge in [-0.25, -0.2) is 9.46 Å². The first-order valence-corrected chi connectivity index (χ1v) is 28.4. The number of hydrogen-bond donors (Lipinski definition) is 2. The van der Waals surface area contributed by atoms with Gasteiger partial charge in [0.1, 0.15) is 41.0 Å². The van der Waals surface area contributed by atoms with Crippen LogP contribution < -0.4 is 30.5 Å². The summed E-state index contributed by atoms with van der Waals surface area (Å²) in [5, 5.41) is 16.9. The van der Waals surface area contributed by atoms with Gasteiger partial charge < -0.3 is 38.0 Å². The van der Waals surface area contributed by atoms with Crippen LogP contribution in [0.3, 0.4) is 0 Å². The molecule has 6 aromatic carbocycles. The van der Waals surface area contributed by atoms with E-state index in [1.165, 1.54) is 4.57 Å². The van der Waals surface area contributed by atoms with E-state index in [1.807, 2.05) is 97.1 Å². The summed E-state index contributed by atoms with van der Waals surface area (Å²) in [7, 11) is 3.29. The number of nitrogens with zero attached hydrogens (tertiary/aromatic N) is 4. The maximum absolute atomic E-state index is 14.1. The van der Waals surface area contributed by atoms with Crippen molar-refractivity contribution in [3.63, 3.8) is 0 Å². The van der Waals surface area contributed by atoms with Crippen LogP contribution in [0.2, 0.25) is 0 Å². The first-order valence-electron chi connectivity index (χ1n) is 27.3. The molecule has 2 N–H and O–H groups in total. The summed E-state index contributed by atoms with van der Waals surface area (Å²) in [4.78, 5) is 18.6. The third-order valence-electron chi connectivity index (χ3n) is 14.3. The molecule has 1 fully saturated rings. The van der Waals surface area contributed by atoms with Crippen molar-refractivity contribution in [1.29, 1.82) is 5.26 Å². The molecule has 1 unspecified atom stereocenters. The molecule has 0 amide bonds. The van der Waals surface area contributed by atoms with E-state index >= 15 is 0 Å². The van der Waals surface area contributed by atoms with E-state index in [1.54, 1.807) is 27.5 Å². The molecule has 1 aromatic heterocycles. The molecular weight excluding hydrogens is 1010 g/mol. The lowest BCUT2D eigenvalue weighted by Gasteiger charge is -2.39. The normalized spacial score (nSPS) is 16.0. The molecule has 7 aromatic rings. The van der Waals surface area contributed by atoms with Gasteiger partial charge in [-0.15, -0.1) is 0 Å². The number of benzene rings is 6. The van der Waals surface area contributed by atoms with Crippen molar-refractivity contribution in [2.24, 2.45) is 0 Å². The smallest absolute Gasteiger partial charge is 0.351 e. The number of aromatic nitrogens is 2. The Morgan fingerprint density at radius 2 is 1.15 bits per heavy atom. The number of nitriles is 1. The van der Waals surface area contributed by atoms with Crippen molar-refractivity contribution in [2.45, 2.75) is 101 Å². The van der Waals surface area contributed by atoms with Gasteiger partial charge in [-0.1, -0.05) is 134 Å². The van der Waals surface area contributed by atoms with Crippen LogP contribution in [0.5, 0.6) is 17.2 Å². The van der Waals surface area contributed by atoms with Crippen LogP contribution in [0.15, 0.2) is 181 Å². The molecular formula is C64H75N6O8P. The van der Waals surface area contributed by atoms with E-state index in [-0.39, 0.29) is 31.7 Å². The van der Waals surface area contributed by atoms with Crippen LogP contribution >= 0.6 is 8.53 Å². The van der Waals surface area contributed by atoms with Gasteiger partial charge in [0.15, 0.2) is 0 Å². The van der Waals surface area contributed by atoms with Gasteiger partial charge >= 0.3 is 5.69 Å². The van der Waals surface area contributed by atoms with Gasteiger partial charge in [-0.05, 0) is 123 Å². The molecule has 14 nitrogen and oxygen atoms in total. The molecule has 414 valence electrons. The molecule has 8 rings (SSSR count). The highest BCUT2D eigenvalue weighted by Gasteiger charge is 2.45. The molecule has 0 bridgehead atoms. The monoisotopic (exact) mass is 1090 g/mol. The minimum absolute atomic E-state index is 0.0527. The first-order chi connectivity index (χ1) is 38.5. The van der Waals surface area contributed by atoms with Crippen LogP contribution in [0.4, 0.5) is 5.82 Å². The standard InChI is InChI=1S/C64H75N6O8P/c1-47(2)70(48(3)4)79(76-44-20-40-65)78-58-45-61(77-59(58)46-75-64(52-25-16-10-17-26-52,53-29-35-56(73-6)36-30-53)54-31-37-57(74-7)38-32-54)69-43-39-60(68-62(69)71)66-41-18-11-19-42-67-63(49-21-12-8-13-22-49,50-23-14-9-15-24-50)51-27-33-55(72-5)34-28-51/h8-10,12-17,21-39,43,47-48,58-59,61,67H,11,18-20,41-42,44-46H2,1-7H3,(H,66,68,71)/t58-,59+,61+,79?/m0/s1. The molecule has 2 heterocycles. The summed E-state index contributed by atoms with van der Waals surface area (Å²) in [5.74, 6) is 2.71. The lowest BCUT2D eigenvalue weighted by atomic mass is 9.77. The van der Waals surface area contributed by atoms with Gasteiger partial charge in [0.05, 0.1) is 58.7 Å². The minimum Gasteiger partial charge on any atom is -0.497 e. The van der Waals surface area contributed by atoms with Crippen LogP contribution in [0.25, 0.3) is 0 Å². The van der Waals surface area contributed by atoms with E-state index in [4.69, 9.17) is 32.7 Å². The molecule has 0 saturated carbocycles. The lowest BCUT2D eigenvalue weighted by Crippen LogP contribution is -2.45. The number of rotatable bonds is 29. The molecule has 0 radical (unpaired) electrons. The number of hydrogen-bond acceptors (Lipinski definition) is 13. The second-order valence-corrected chi connectivity index (χ2v) is 21.4. The van der Waals surface area contributed by atoms with E-state index in [2.05, 4.69) is 127 Å². The average molecular weight is 1090 g/mol. The predicted molar refractivity (Wildman–Crippen MR) is 311 cm³/mol. The Morgan fingerprint density at radius 1 is 0.671 bits per heavy atom. The highest BCUT2D eigenvalue weighted by atomic mass is 31.2. The molecule has 1 aliphatic rings. The van der Waals surface area contributed by atoms with Crippen LogP contribution in [0, 0.1) is 11.3 Å². The number of ether oxygens (including phenoxy) is 5. The van der Waals surface area contributed by atoms with E-state index in [0.717, 1.165) is 64.9 Å². The SMILES string of the molecule is COc1ccc(C(NCCCCCNc2ccn([C@H]3C[C@H](OP(OCCC#N)N(C(C)C)C(C)C)[C@@H](COC(c4ccccc4)(c4ccc(OC)cc4)c4ccc(OC)cc4)O3)c(=O)n2)(c2ccccc2)c2ccccc2)cc1. The summed E-state index contributed by atoms with van der Waals surface area (Å²) < 4.78 is 48.2. The summed E-state index contributed by atoms with van der Waals surface area (Å²) in [6.45, 7) is 10.1. The molecule has 1 saturated heterocycles. The number of anilines is 1. The van der Waals surface area contributed by atoms with Crippen LogP contribution in [0.1, 0.15) is 99.4 Å². The fraction of sp³-hybridized carbons (Fsp3) is 0.359. The molecule has 4 atom stereocenters. The third kappa shape index (κ3) is 13.9. The van der Waals surface area contributed by atoms with Gasteiger partial charge in [0.25, 0.3) is 8.53 Å². The summed E-state index contributed by atoms with van der Waals surface area (Å²) >= 11 is 0.